The molecule has 0 atom stereocenters. The largest absolute Gasteiger partial charge is 0.511 e. The van der Waals surface area contributed by atoms with E-state index in [2.05, 4.69) is 0 Å². The van der Waals surface area contributed by atoms with Crippen molar-refractivity contribution < 1.29 is 29.4 Å². The average Bonchev–Trinajstić information content (AvgIpc) is 2.55. The third-order valence-electron chi connectivity index (χ3n) is 7.02. The van der Waals surface area contributed by atoms with Gasteiger partial charge in [-0.2, -0.15) is 0 Å². The highest BCUT2D eigenvalue weighted by atomic mass is 16.3. The molecule has 0 aliphatic heterocycles. The second kappa shape index (κ2) is 9.43. The zero-order valence-electron chi connectivity index (χ0n) is 22.2. The fourth-order valence-corrected chi connectivity index (χ4v) is 5.11. The zero-order chi connectivity index (χ0) is 26.3. The van der Waals surface area contributed by atoms with Crippen molar-refractivity contribution in [2.75, 3.05) is 0 Å². The van der Waals surface area contributed by atoms with E-state index in [1.54, 1.807) is 0 Å². The number of rotatable bonds is 7. The molecule has 0 spiro atoms. The number of aliphatic hydroxyl groups excluding tert-OH is 2. The summed E-state index contributed by atoms with van der Waals surface area (Å²) in [6, 6.07) is 0. The lowest BCUT2D eigenvalue weighted by Gasteiger charge is -2.33. The Labute approximate surface area is 203 Å². The number of hydrogen-bond donors (Lipinski definition) is 2. The number of Topliss-reactive ketones (excluding diaryl/α,β-unsaturated/α-hetero) is 4. The minimum absolute atomic E-state index is 0.0497. The van der Waals surface area contributed by atoms with Gasteiger partial charge in [0.05, 0.1) is 11.1 Å². The number of ketones is 4. The van der Waals surface area contributed by atoms with Gasteiger partial charge in [0.1, 0.15) is 11.5 Å². The summed E-state index contributed by atoms with van der Waals surface area (Å²) in [7, 11) is 0. The number of allylic oxidation sites excluding steroid dienone is 4. The first-order chi connectivity index (χ1) is 15.2. The summed E-state index contributed by atoms with van der Waals surface area (Å²) in [5.41, 5.74) is -1.66. The van der Waals surface area contributed by atoms with Crippen LogP contribution in [-0.4, -0.2) is 33.3 Å². The molecule has 2 aliphatic rings. The molecule has 190 valence electrons. The van der Waals surface area contributed by atoms with E-state index >= 15 is 0 Å². The minimum atomic E-state index is -0.398. The van der Waals surface area contributed by atoms with Gasteiger partial charge in [-0.1, -0.05) is 55.4 Å². The van der Waals surface area contributed by atoms with Crippen molar-refractivity contribution in [3.8, 4) is 0 Å². The third kappa shape index (κ3) is 7.13. The van der Waals surface area contributed by atoms with Crippen LogP contribution in [0.25, 0.3) is 0 Å². The van der Waals surface area contributed by atoms with Crippen molar-refractivity contribution in [2.45, 2.75) is 107 Å². The van der Waals surface area contributed by atoms with Gasteiger partial charge in [0.25, 0.3) is 0 Å². The van der Waals surface area contributed by atoms with Crippen LogP contribution in [0.15, 0.2) is 22.7 Å². The molecular formula is C28H42O6. The molecule has 0 radical (unpaired) electrons. The van der Waals surface area contributed by atoms with E-state index < -0.39 is 10.8 Å². The highest BCUT2D eigenvalue weighted by molar-refractivity contribution is 6.23. The zero-order valence-corrected chi connectivity index (χ0v) is 22.2. The molecule has 2 rings (SSSR count). The van der Waals surface area contributed by atoms with Crippen LogP contribution in [0.5, 0.6) is 0 Å². The molecule has 0 aromatic heterocycles. The molecule has 2 aliphatic carbocycles. The van der Waals surface area contributed by atoms with Crippen molar-refractivity contribution in [1.82, 2.24) is 0 Å². The van der Waals surface area contributed by atoms with E-state index in [9.17, 15) is 29.4 Å². The van der Waals surface area contributed by atoms with Crippen LogP contribution in [0.2, 0.25) is 0 Å². The number of carbonyl (C=O) groups excluding carboxylic acids is 4. The highest BCUT2D eigenvalue weighted by Crippen LogP contribution is 2.41. The van der Waals surface area contributed by atoms with Crippen molar-refractivity contribution in [2.24, 2.45) is 21.7 Å². The monoisotopic (exact) mass is 474 g/mol. The summed E-state index contributed by atoms with van der Waals surface area (Å²) < 4.78 is 0. The van der Waals surface area contributed by atoms with Crippen molar-refractivity contribution in [1.29, 1.82) is 0 Å². The topological polar surface area (TPSA) is 109 Å². The van der Waals surface area contributed by atoms with Crippen molar-refractivity contribution in [3.05, 3.63) is 22.7 Å². The Kier molecular flexibility index (Phi) is 7.76. The van der Waals surface area contributed by atoms with Crippen molar-refractivity contribution >= 4 is 23.1 Å². The van der Waals surface area contributed by atoms with E-state index in [1.807, 2.05) is 55.4 Å². The van der Waals surface area contributed by atoms with Crippen LogP contribution < -0.4 is 0 Å². The number of aliphatic hydroxyl groups is 2. The SMILES string of the molecule is CC1(C)CC(=O)C(=C(O)CC(C)(C)CCC(C)(C)CC(O)=C2C(=O)CC(C)(C)CC2=O)C(=O)C1. The number of hydrogen-bond acceptors (Lipinski definition) is 6. The molecule has 0 aromatic rings. The van der Waals surface area contributed by atoms with Crippen LogP contribution in [0.4, 0.5) is 0 Å². The quantitative estimate of drug-likeness (QED) is 0.261. The van der Waals surface area contributed by atoms with Crippen LogP contribution >= 0.6 is 0 Å². The number of carbonyl (C=O) groups is 4. The Balaban J connectivity index is 2.08. The maximum Gasteiger partial charge on any atom is 0.170 e. The van der Waals surface area contributed by atoms with E-state index in [-0.39, 0.29) is 95.2 Å². The van der Waals surface area contributed by atoms with Crippen LogP contribution in [0, 0.1) is 21.7 Å². The van der Waals surface area contributed by atoms with Crippen LogP contribution in [-0.2, 0) is 19.2 Å². The molecule has 0 amide bonds. The summed E-state index contributed by atoms with van der Waals surface area (Å²) in [5.74, 6) is -1.46. The van der Waals surface area contributed by atoms with Gasteiger partial charge in [0.2, 0.25) is 0 Å². The summed E-state index contributed by atoms with van der Waals surface area (Å²) in [6.45, 7) is 15.4. The molecule has 6 nitrogen and oxygen atoms in total. The fourth-order valence-electron chi connectivity index (χ4n) is 5.11. The Morgan fingerprint density at radius 1 is 0.618 bits per heavy atom. The summed E-state index contributed by atoms with van der Waals surface area (Å²) in [5, 5.41) is 21.4. The molecule has 0 aromatic carbocycles. The van der Waals surface area contributed by atoms with Gasteiger partial charge in [-0.25, -0.2) is 0 Å². The Hall–Kier alpha value is -2.24. The molecular weight excluding hydrogens is 432 g/mol. The lowest BCUT2D eigenvalue weighted by molar-refractivity contribution is -0.129. The maximum absolute atomic E-state index is 12.5. The van der Waals surface area contributed by atoms with Gasteiger partial charge in [0, 0.05) is 38.5 Å². The second-order valence-electron chi connectivity index (χ2n) is 13.6. The Morgan fingerprint density at radius 2 is 0.853 bits per heavy atom. The molecule has 0 saturated heterocycles. The summed E-state index contributed by atoms with van der Waals surface area (Å²) in [4.78, 5) is 50.0. The van der Waals surface area contributed by atoms with Crippen molar-refractivity contribution in [3.63, 3.8) is 0 Å². The first-order valence-corrected chi connectivity index (χ1v) is 12.2. The molecule has 2 fully saturated rings. The molecule has 0 bridgehead atoms. The van der Waals surface area contributed by atoms with Gasteiger partial charge in [-0.3, -0.25) is 19.2 Å². The minimum Gasteiger partial charge on any atom is -0.511 e. The third-order valence-corrected chi connectivity index (χ3v) is 7.02. The molecule has 34 heavy (non-hydrogen) atoms. The predicted molar refractivity (Wildman–Crippen MR) is 131 cm³/mol. The first-order valence-electron chi connectivity index (χ1n) is 12.2. The maximum atomic E-state index is 12.5. The van der Waals surface area contributed by atoms with Gasteiger partial charge in [-0.05, 0) is 34.5 Å². The Bertz CT molecular complexity index is 833. The van der Waals surface area contributed by atoms with Gasteiger partial charge in [0.15, 0.2) is 23.1 Å². The van der Waals surface area contributed by atoms with Crippen LogP contribution in [0.3, 0.4) is 0 Å². The molecule has 2 N–H and O–H groups in total. The van der Waals surface area contributed by atoms with E-state index in [0.717, 1.165) is 0 Å². The van der Waals surface area contributed by atoms with Gasteiger partial charge >= 0.3 is 0 Å². The summed E-state index contributed by atoms with van der Waals surface area (Å²) >= 11 is 0. The van der Waals surface area contributed by atoms with E-state index in [4.69, 9.17) is 0 Å². The van der Waals surface area contributed by atoms with Crippen LogP contribution in [0.1, 0.15) is 107 Å². The normalized spacial score (nSPS) is 21.2. The lowest BCUT2D eigenvalue weighted by Crippen LogP contribution is -2.33. The van der Waals surface area contributed by atoms with Gasteiger partial charge < -0.3 is 10.2 Å². The summed E-state index contributed by atoms with van der Waals surface area (Å²) in [6.07, 6.45) is 2.70. The fraction of sp³-hybridized carbons (Fsp3) is 0.714. The highest BCUT2D eigenvalue weighted by Gasteiger charge is 2.40. The molecule has 0 unspecified atom stereocenters. The van der Waals surface area contributed by atoms with E-state index in [0.29, 0.717) is 12.8 Å². The average molecular weight is 475 g/mol. The molecule has 2 saturated carbocycles. The predicted octanol–water partition coefficient (Wildman–Crippen LogP) is 6.14. The molecule has 6 heteroatoms. The molecule has 0 heterocycles. The standard InChI is InChI=1S/C28H42O6/c1-25(2,11-17(29)23-19(31)13-27(5,6)14-20(23)32)9-10-26(3,4)12-18(30)24-21(33)15-28(7,8)16-22(24)34/h29-30H,9-16H2,1-8H3. The Morgan fingerprint density at radius 3 is 1.09 bits per heavy atom. The van der Waals surface area contributed by atoms with Gasteiger partial charge in [-0.15, -0.1) is 0 Å². The lowest BCUT2D eigenvalue weighted by atomic mass is 9.71. The smallest absolute Gasteiger partial charge is 0.170 e. The first kappa shape index (κ1) is 28.0. The second-order valence-corrected chi connectivity index (χ2v) is 13.6. The van der Waals surface area contributed by atoms with E-state index in [1.165, 1.54) is 0 Å².